The molecule has 18 heavy (non-hydrogen) atoms. The number of hydrogen-bond donors (Lipinski definition) is 1. The van der Waals surface area contributed by atoms with Crippen molar-refractivity contribution in [3.8, 4) is 0 Å². The Morgan fingerprint density at radius 3 is 2.89 bits per heavy atom. The van der Waals surface area contributed by atoms with Crippen LogP contribution in [-0.4, -0.2) is 41.8 Å². The van der Waals surface area contributed by atoms with E-state index in [9.17, 15) is 4.79 Å². The van der Waals surface area contributed by atoms with Crippen molar-refractivity contribution in [3.63, 3.8) is 0 Å². The summed E-state index contributed by atoms with van der Waals surface area (Å²) in [5.74, 6) is -0.828. The highest BCUT2D eigenvalue weighted by atomic mass is 79.9. The van der Waals surface area contributed by atoms with Crippen molar-refractivity contribution in [1.29, 1.82) is 0 Å². The van der Waals surface area contributed by atoms with Gasteiger partial charge in [0.1, 0.15) is 6.04 Å². The van der Waals surface area contributed by atoms with Gasteiger partial charge >= 0.3 is 5.97 Å². The highest BCUT2D eigenvalue weighted by molar-refractivity contribution is 9.13. The van der Waals surface area contributed by atoms with Crippen LogP contribution in [0.15, 0.2) is 27.1 Å². The number of nitrogens with zero attached hydrogens (tertiary/aromatic N) is 1. The van der Waals surface area contributed by atoms with Crippen molar-refractivity contribution in [2.45, 2.75) is 12.6 Å². The molecule has 1 unspecified atom stereocenters. The van der Waals surface area contributed by atoms with Crippen LogP contribution in [0.1, 0.15) is 5.56 Å². The highest BCUT2D eigenvalue weighted by Crippen LogP contribution is 2.25. The molecule has 1 fully saturated rings. The molecule has 0 radical (unpaired) electrons. The van der Waals surface area contributed by atoms with Gasteiger partial charge in [-0.3, -0.25) is 9.69 Å². The van der Waals surface area contributed by atoms with Crippen molar-refractivity contribution in [3.05, 3.63) is 32.7 Å². The largest absolute Gasteiger partial charge is 0.480 e. The van der Waals surface area contributed by atoms with Gasteiger partial charge < -0.3 is 9.84 Å². The first kappa shape index (κ1) is 14.0. The van der Waals surface area contributed by atoms with Gasteiger partial charge in [-0.15, -0.1) is 0 Å². The molecule has 1 aromatic rings. The zero-order valence-corrected chi connectivity index (χ0v) is 12.8. The normalized spacial score (nSPS) is 20.9. The summed E-state index contributed by atoms with van der Waals surface area (Å²) >= 11 is 6.86. The minimum absolute atomic E-state index is 0.257. The van der Waals surface area contributed by atoms with E-state index in [0.29, 0.717) is 19.7 Å². The third-order valence-corrected chi connectivity index (χ3v) is 4.77. The highest BCUT2D eigenvalue weighted by Gasteiger charge is 2.29. The second kappa shape index (κ2) is 6.14. The molecular weight excluding hydrogens is 366 g/mol. The molecule has 0 saturated carbocycles. The fourth-order valence-electron chi connectivity index (χ4n) is 1.93. The fraction of sp³-hybridized carbons (Fsp3) is 0.417. The van der Waals surface area contributed by atoms with Crippen molar-refractivity contribution >= 4 is 37.8 Å². The van der Waals surface area contributed by atoms with Crippen molar-refractivity contribution in [2.24, 2.45) is 0 Å². The van der Waals surface area contributed by atoms with Crippen molar-refractivity contribution in [1.82, 2.24) is 4.90 Å². The second-order valence-electron chi connectivity index (χ2n) is 4.15. The van der Waals surface area contributed by atoms with E-state index in [1.165, 1.54) is 0 Å². The van der Waals surface area contributed by atoms with E-state index >= 15 is 0 Å². The summed E-state index contributed by atoms with van der Waals surface area (Å²) in [4.78, 5) is 13.1. The molecule has 98 valence electrons. The maximum absolute atomic E-state index is 11.1. The van der Waals surface area contributed by atoms with Crippen LogP contribution in [0.3, 0.4) is 0 Å². The van der Waals surface area contributed by atoms with Crippen molar-refractivity contribution in [2.75, 3.05) is 19.8 Å². The number of halogens is 2. The van der Waals surface area contributed by atoms with E-state index in [1.54, 1.807) is 0 Å². The molecule has 1 heterocycles. The molecule has 1 aromatic carbocycles. The summed E-state index contributed by atoms with van der Waals surface area (Å²) in [6.07, 6.45) is 0. The maximum Gasteiger partial charge on any atom is 0.323 e. The SMILES string of the molecule is O=C(O)C1COCCN1Cc1ccc(Br)c(Br)c1. The number of aliphatic carboxylic acids is 1. The Morgan fingerprint density at radius 2 is 2.22 bits per heavy atom. The molecule has 6 heteroatoms. The van der Waals surface area contributed by atoms with E-state index in [1.807, 2.05) is 23.1 Å². The van der Waals surface area contributed by atoms with Crippen molar-refractivity contribution < 1.29 is 14.6 Å². The predicted molar refractivity (Wildman–Crippen MR) is 74.5 cm³/mol. The average molecular weight is 379 g/mol. The van der Waals surface area contributed by atoms with Crippen LogP contribution >= 0.6 is 31.9 Å². The number of carboxylic acid groups (broad SMARTS) is 1. The molecule has 0 amide bonds. The van der Waals surface area contributed by atoms with Gasteiger partial charge in [-0.2, -0.15) is 0 Å². The van der Waals surface area contributed by atoms with E-state index in [4.69, 9.17) is 9.84 Å². The molecule has 0 bridgehead atoms. The van der Waals surface area contributed by atoms with Crippen LogP contribution in [0.5, 0.6) is 0 Å². The lowest BCUT2D eigenvalue weighted by molar-refractivity contribution is -0.150. The quantitative estimate of drug-likeness (QED) is 0.877. The lowest BCUT2D eigenvalue weighted by Crippen LogP contribution is -2.49. The number of hydrogen-bond acceptors (Lipinski definition) is 3. The second-order valence-corrected chi connectivity index (χ2v) is 5.86. The Labute approximate surface area is 122 Å². The van der Waals surface area contributed by atoms with Gasteiger partial charge in [-0.05, 0) is 49.6 Å². The van der Waals surface area contributed by atoms with Crippen LogP contribution in [0, 0.1) is 0 Å². The standard InChI is InChI=1S/C12H13Br2NO3/c13-9-2-1-8(5-10(9)14)6-15-3-4-18-7-11(15)12(16)17/h1-2,5,11H,3-4,6-7H2,(H,16,17). The smallest absolute Gasteiger partial charge is 0.323 e. The minimum Gasteiger partial charge on any atom is -0.480 e. The topological polar surface area (TPSA) is 49.8 Å². The molecule has 4 nitrogen and oxygen atoms in total. The van der Waals surface area contributed by atoms with Gasteiger partial charge in [-0.1, -0.05) is 6.07 Å². The summed E-state index contributed by atoms with van der Waals surface area (Å²) in [6, 6.07) is 5.39. The number of carbonyl (C=O) groups is 1. The van der Waals surface area contributed by atoms with E-state index in [2.05, 4.69) is 31.9 Å². The molecule has 0 aliphatic carbocycles. The summed E-state index contributed by atoms with van der Waals surface area (Å²) in [7, 11) is 0. The summed E-state index contributed by atoms with van der Waals surface area (Å²) in [6.45, 7) is 2.10. The van der Waals surface area contributed by atoms with Crippen LogP contribution in [0.4, 0.5) is 0 Å². The summed E-state index contributed by atoms with van der Waals surface area (Å²) in [5.41, 5.74) is 1.08. The van der Waals surface area contributed by atoms with E-state index in [-0.39, 0.29) is 6.61 Å². The first-order valence-electron chi connectivity index (χ1n) is 5.56. The van der Waals surface area contributed by atoms with Crippen LogP contribution in [0.2, 0.25) is 0 Å². The molecule has 1 N–H and O–H groups in total. The number of carboxylic acids is 1. The Balaban J connectivity index is 2.10. The molecule has 1 aliphatic rings. The van der Waals surface area contributed by atoms with Gasteiger partial charge in [0.05, 0.1) is 13.2 Å². The molecule has 0 aromatic heterocycles. The Bertz CT molecular complexity index is 453. The number of benzene rings is 1. The van der Waals surface area contributed by atoms with Crippen LogP contribution in [-0.2, 0) is 16.1 Å². The first-order chi connectivity index (χ1) is 8.58. The zero-order valence-electron chi connectivity index (χ0n) is 9.60. The number of ether oxygens (including phenoxy) is 1. The molecule has 2 rings (SSSR count). The summed E-state index contributed by atoms with van der Waals surface area (Å²) in [5, 5.41) is 9.15. The lowest BCUT2D eigenvalue weighted by atomic mass is 10.1. The van der Waals surface area contributed by atoms with Gasteiger partial charge in [0.25, 0.3) is 0 Å². The maximum atomic E-state index is 11.1. The first-order valence-corrected chi connectivity index (χ1v) is 7.15. The minimum atomic E-state index is -0.828. The average Bonchev–Trinajstić information content (AvgIpc) is 2.34. The monoisotopic (exact) mass is 377 g/mol. The van der Waals surface area contributed by atoms with Gasteiger partial charge in [-0.25, -0.2) is 0 Å². The molecule has 0 spiro atoms. The molecule has 1 saturated heterocycles. The molecule has 1 aliphatic heterocycles. The van der Waals surface area contributed by atoms with Gasteiger partial charge in [0.2, 0.25) is 0 Å². The van der Waals surface area contributed by atoms with E-state index < -0.39 is 12.0 Å². The molecule has 1 atom stereocenters. The molecular formula is C12H13Br2NO3. The van der Waals surface area contributed by atoms with Crippen LogP contribution < -0.4 is 0 Å². The Morgan fingerprint density at radius 1 is 1.44 bits per heavy atom. The number of morpholine rings is 1. The van der Waals surface area contributed by atoms with Crippen LogP contribution in [0.25, 0.3) is 0 Å². The summed E-state index contributed by atoms with van der Waals surface area (Å²) < 4.78 is 7.18. The third kappa shape index (κ3) is 3.32. The lowest BCUT2D eigenvalue weighted by Gasteiger charge is -2.32. The van der Waals surface area contributed by atoms with Gasteiger partial charge in [0, 0.05) is 22.0 Å². The zero-order chi connectivity index (χ0) is 13.1. The number of rotatable bonds is 3. The Hall–Kier alpha value is -0.430. The van der Waals surface area contributed by atoms with Gasteiger partial charge in [0.15, 0.2) is 0 Å². The Kier molecular flexibility index (Phi) is 4.77. The third-order valence-electron chi connectivity index (χ3n) is 2.89. The van der Waals surface area contributed by atoms with E-state index in [0.717, 1.165) is 14.5 Å². The predicted octanol–water partition coefficient (Wildman–Crippen LogP) is 2.50. The fourth-order valence-corrected chi connectivity index (χ4v) is 2.60.